The molecule has 5 heteroatoms. The maximum absolute atomic E-state index is 11.6. The van der Waals surface area contributed by atoms with Gasteiger partial charge in [-0.1, -0.05) is 60.7 Å². The van der Waals surface area contributed by atoms with E-state index in [1.54, 1.807) is 0 Å². The highest BCUT2D eigenvalue weighted by atomic mass is 16.5. The standard InChI is InChI=1S/C23H21NO4/c25-22(14-15-23(26)27)24-16-17-10-12-19(13-11-17)28-21-9-5-4-8-20(21)18-6-2-1-3-7-18/h1-13H,14-16H2,(H,24,25)(H,26,27). The molecule has 0 bridgehead atoms. The molecule has 0 spiro atoms. The first-order valence-corrected chi connectivity index (χ1v) is 9.01. The summed E-state index contributed by atoms with van der Waals surface area (Å²) in [4.78, 5) is 22.1. The van der Waals surface area contributed by atoms with E-state index >= 15 is 0 Å². The van der Waals surface area contributed by atoms with Crippen molar-refractivity contribution in [2.45, 2.75) is 19.4 Å². The molecular formula is C23H21NO4. The minimum Gasteiger partial charge on any atom is -0.481 e. The van der Waals surface area contributed by atoms with Crippen LogP contribution in [0.1, 0.15) is 18.4 Å². The number of para-hydroxylation sites is 1. The van der Waals surface area contributed by atoms with Gasteiger partial charge in [0.2, 0.25) is 5.91 Å². The van der Waals surface area contributed by atoms with Crippen molar-refractivity contribution in [2.24, 2.45) is 0 Å². The molecule has 0 fully saturated rings. The summed E-state index contributed by atoms with van der Waals surface area (Å²) in [5, 5.41) is 11.3. The van der Waals surface area contributed by atoms with Gasteiger partial charge in [-0.15, -0.1) is 0 Å². The molecule has 0 aliphatic rings. The second-order valence-electron chi connectivity index (χ2n) is 6.28. The summed E-state index contributed by atoms with van der Waals surface area (Å²) in [6.07, 6.45) is -0.188. The minimum atomic E-state index is -0.979. The van der Waals surface area contributed by atoms with Crippen LogP contribution >= 0.6 is 0 Å². The summed E-state index contributed by atoms with van der Waals surface area (Å²) < 4.78 is 6.06. The van der Waals surface area contributed by atoms with E-state index in [0.29, 0.717) is 12.3 Å². The SMILES string of the molecule is O=C(O)CCC(=O)NCc1ccc(Oc2ccccc2-c2ccccc2)cc1. The van der Waals surface area contributed by atoms with E-state index in [0.717, 1.165) is 22.4 Å². The lowest BCUT2D eigenvalue weighted by atomic mass is 10.0. The number of rotatable bonds is 8. The first kappa shape index (κ1) is 19.2. The number of ether oxygens (including phenoxy) is 1. The van der Waals surface area contributed by atoms with E-state index in [9.17, 15) is 9.59 Å². The summed E-state index contributed by atoms with van der Waals surface area (Å²) in [5.74, 6) is 0.208. The fourth-order valence-electron chi connectivity index (χ4n) is 2.72. The zero-order valence-electron chi connectivity index (χ0n) is 15.3. The Hall–Kier alpha value is -3.60. The molecule has 0 aliphatic carbocycles. The third-order valence-electron chi connectivity index (χ3n) is 4.18. The van der Waals surface area contributed by atoms with Crippen molar-refractivity contribution in [2.75, 3.05) is 0 Å². The number of nitrogens with one attached hydrogen (secondary N) is 1. The molecule has 0 aromatic heterocycles. The number of benzene rings is 3. The molecule has 1 amide bonds. The normalized spacial score (nSPS) is 10.3. The highest BCUT2D eigenvalue weighted by Crippen LogP contribution is 2.33. The molecular weight excluding hydrogens is 354 g/mol. The number of hydrogen-bond acceptors (Lipinski definition) is 3. The Bertz CT molecular complexity index is 936. The van der Waals surface area contributed by atoms with Crippen molar-refractivity contribution in [3.63, 3.8) is 0 Å². The number of carboxylic acid groups (broad SMARTS) is 1. The molecule has 3 aromatic rings. The molecule has 0 atom stereocenters. The monoisotopic (exact) mass is 375 g/mol. The Labute approximate surface area is 163 Å². The van der Waals surface area contributed by atoms with Gasteiger partial charge in [-0.2, -0.15) is 0 Å². The van der Waals surface area contributed by atoms with Crippen LogP contribution in [0.15, 0.2) is 78.9 Å². The molecule has 0 saturated carbocycles. The third-order valence-corrected chi connectivity index (χ3v) is 4.18. The van der Waals surface area contributed by atoms with E-state index in [4.69, 9.17) is 9.84 Å². The van der Waals surface area contributed by atoms with E-state index in [2.05, 4.69) is 5.32 Å². The number of hydrogen-bond donors (Lipinski definition) is 2. The second kappa shape index (κ2) is 9.37. The van der Waals surface area contributed by atoms with Gasteiger partial charge in [0.25, 0.3) is 0 Å². The van der Waals surface area contributed by atoms with E-state index in [1.165, 1.54) is 0 Å². The van der Waals surface area contributed by atoms with Crippen LogP contribution in [0.3, 0.4) is 0 Å². The molecule has 0 saturated heterocycles. The van der Waals surface area contributed by atoms with Crippen molar-refractivity contribution >= 4 is 11.9 Å². The zero-order chi connectivity index (χ0) is 19.8. The van der Waals surface area contributed by atoms with E-state index in [1.807, 2.05) is 78.9 Å². The maximum Gasteiger partial charge on any atom is 0.303 e. The largest absolute Gasteiger partial charge is 0.481 e. The molecule has 0 unspecified atom stereocenters. The van der Waals surface area contributed by atoms with Crippen molar-refractivity contribution in [3.8, 4) is 22.6 Å². The number of carboxylic acids is 1. The van der Waals surface area contributed by atoms with Gasteiger partial charge < -0.3 is 15.2 Å². The van der Waals surface area contributed by atoms with Gasteiger partial charge in [0.05, 0.1) is 6.42 Å². The van der Waals surface area contributed by atoms with Gasteiger partial charge in [-0.05, 0) is 29.3 Å². The Morgan fingerprint density at radius 3 is 2.21 bits per heavy atom. The lowest BCUT2D eigenvalue weighted by Crippen LogP contribution is -2.23. The predicted octanol–water partition coefficient (Wildman–Crippen LogP) is 4.63. The first-order valence-electron chi connectivity index (χ1n) is 9.01. The first-order chi connectivity index (χ1) is 13.6. The van der Waals surface area contributed by atoms with Gasteiger partial charge in [0, 0.05) is 18.5 Å². The molecule has 0 radical (unpaired) electrons. The average molecular weight is 375 g/mol. The summed E-state index contributed by atoms with van der Waals surface area (Å²) >= 11 is 0. The van der Waals surface area contributed by atoms with E-state index in [-0.39, 0.29) is 18.7 Å². The number of carbonyl (C=O) groups excluding carboxylic acids is 1. The summed E-state index contributed by atoms with van der Waals surface area (Å²) in [6.45, 7) is 0.347. The van der Waals surface area contributed by atoms with Gasteiger partial charge in [0.1, 0.15) is 11.5 Å². The molecule has 3 aromatic carbocycles. The predicted molar refractivity (Wildman–Crippen MR) is 107 cm³/mol. The summed E-state index contributed by atoms with van der Waals surface area (Å²) in [6, 6.07) is 25.3. The highest BCUT2D eigenvalue weighted by molar-refractivity contribution is 5.80. The molecule has 2 N–H and O–H groups in total. The van der Waals surface area contributed by atoms with Crippen LogP contribution in [0.5, 0.6) is 11.5 Å². The lowest BCUT2D eigenvalue weighted by molar-refractivity contribution is -0.138. The topological polar surface area (TPSA) is 75.6 Å². The molecule has 5 nitrogen and oxygen atoms in total. The fourth-order valence-corrected chi connectivity index (χ4v) is 2.72. The zero-order valence-corrected chi connectivity index (χ0v) is 15.3. The Kier molecular flexibility index (Phi) is 6.41. The van der Waals surface area contributed by atoms with Crippen LogP contribution in [0.4, 0.5) is 0 Å². The fraction of sp³-hybridized carbons (Fsp3) is 0.130. The number of carbonyl (C=O) groups is 2. The van der Waals surface area contributed by atoms with Crippen LogP contribution < -0.4 is 10.1 Å². The third kappa shape index (κ3) is 5.45. The average Bonchev–Trinajstić information content (AvgIpc) is 2.73. The summed E-state index contributed by atoms with van der Waals surface area (Å²) in [7, 11) is 0. The van der Waals surface area contributed by atoms with E-state index < -0.39 is 5.97 Å². The van der Waals surface area contributed by atoms with Gasteiger partial charge in [-0.3, -0.25) is 9.59 Å². The lowest BCUT2D eigenvalue weighted by Gasteiger charge is -2.12. The van der Waals surface area contributed by atoms with Crippen LogP contribution in [0, 0.1) is 0 Å². The second-order valence-corrected chi connectivity index (χ2v) is 6.28. The van der Waals surface area contributed by atoms with Crippen molar-refractivity contribution < 1.29 is 19.4 Å². The molecule has 142 valence electrons. The Morgan fingerprint density at radius 1 is 0.821 bits per heavy atom. The van der Waals surface area contributed by atoms with Crippen LogP contribution in [0.25, 0.3) is 11.1 Å². The molecule has 0 aliphatic heterocycles. The van der Waals surface area contributed by atoms with Crippen LogP contribution in [0.2, 0.25) is 0 Å². The maximum atomic E-state index is 11.6. The number of aliphatic carboxylic acids is 1. The Balaban J connectivity index is 1.62. The molecule has 28 heavy (non-hydrogen) atoms. The minimum absolute atomic E-state index is 0.0210. The van der Waals surface area contributed by atoms with Crippen molar-refractivity contribution in [1.29, 1.82) is 0 Å². The van der Waals surface area contributed by atoms with Crippen LogP contribution in [-0.4, -0.2) is 17.0 Å². The quantitative estimate of drug-likeness (QED) is 0.602. The van der Waals surface area contributed by atoms with Gasteiger partial charge in [0.15, 0.2) is 0 Å². The van der Waals surface area contributed by atoms with Gasteiger partial charge >= 0.3 is 5.97 Å². The van der Waals surface area contributed by atoms with Gasteiger partial charge in [-0.25, -0.2) is 0 Å². The van der Waals surface area contributed by atoms with Crippen molar-refractivity contribution in [3.05, 3.63) is 84.4 Å². The molecule has 3 rings (SSSR count). The smallest absolute Gasteiger partial charge is 0.303 e. The molecule has 0 heterocycles. The summed E-state index contributed by atoms with van der Waals surface area (Å²) in [5.41, 5.74) is 3.00. The highest BCUT2D eigenvalue weighted by Gasteiger charge is 2.08. The number of amides is 1. The van der Waals surface area contributed by atoms with Crippen molar-refractivity contribution in [1.82, 2.24) is 5.32 Å². The Morgan fingerprint density at radius 2 is 1.50 bits per heavy atom. The van der Waals surface area contributed by atoms with Crippen LogP contribution in [-0.2, 0) is 16.1 Å².